The Morgan fingerprint density at radius 3 is 2.81 bits per heavy atom. The van der Waals surface area contributed by atoms with E-state index in [2.05, 4.69) is 0 Å². The summed E-state index contributed by atoms with van der Waals surface area (Å²) in [5, 5.41) is 0. The minimum atomic E-state index is -1.02. The summed E-state index contributed by atoms with van der Waals surface area (Å²) < 4.78 is 10.3. The van der Waals surface area contributed by atoms with Gasteiger partial charge in [-0.05, 0) is 13.3 Å². The van der Waals surface area contributed by atoms with Gasteiger partial charge in [-0.1, -0.05) is 19.8 Å². The van der Waals surface area contributed by atoms with Crippen LogP contribution in [0, 0.1) is 5.41 Å². The summed E-state index contributed by atoms with van der Waals surface area (Å²) in [4.78, 5) is 23.9. The van der Waals surface area contributed by atoms with E-state index in [-0.39, 0.29) is 12.4 Å². The molecule has 0 saturated carbocycles. The smallest absolute Gasteiger partial charge is 0.322 e. The molecule has 0 aromatic rings. The number of carbonyl (C=O) groups excluding carboxylic acids is 2. The first-order valence-corrected chi connectivity index (χ1v) is 5.95. The summed E-state index contributed by atoms with van der Waals surface area (Å²) in [6, 6.07) is 0. The molecule has 0 radical (unpaired) electrons. The van der Waals surface area contributed by atoms with Crippen LogP contribution in [-0.2, 0) is 19.1 Å². The standard InChI is InChI=1S/C12H20O4/c1-3-5-7-12(11(14)16-4-2)9-15-8-6-10(12)13/h3-9H2,1-2H3. The maximum Gasteiger partial charge on any atom is 0.322 e. The van der Waals surface area contributed by atoms with E-state index in [9.17, 15) is 9.59 Å². The summed E-state index contributed by atoms with van der Waals surface area (Å²) >= 11 is 0. The molecule has 0 N–H and O–H groups in total. The van der Waals surface area contributed by atoms with Gasteiger partial charge in [-0.3, -0.25) is 9.59 Å². The molecular formula is C12H20O4. The summed E-state index contributed by atoms with van der Waals surface area (Å²) in [6.07, 6.45) is 2.66. The third kappa shape index (κ3) is 2.61. The first-order chi connectivity index (χ1) is 7.67. The van der Waals surface area contributed by atoms with Crippen LogP contribution in [0.1, 0.15) is 39.5 Å². The van der Waals surface area contributed by atoms with Crippen LogP contribution >= 0.6 is 0 Å². The molecule has 0 aromatic heterocycles. The summed E-state index contributed by atoms with van der Waals surface area (Å²) in [5.74, 6) is -0.432. The zero-order valence-electron chi connectivity index (χ0n) is 10.1. The van der Waals surface area contributed by atoms with Crippen LogP contribution in [0.4, 0.5) is 0 Å². The van der Waals surface area contributed by atoms with Gasteiger partial charge in [-0.25, -0.2) is 0 Å². The van der Waals surface area contributed by atoms with E-state index in [0.29, 0.717) is 26.1 Å². The topological polar surface area (TPSA) is 52.6 Å². The van der Waals surface area contributed by atoms with Crippen molar-refractivity contribution in [2.45, 2.75) is 39.5 Å². The third-order valence-electron chi connectivity index (χ3n) is 2.98. The van der Waals surface area contributed by atoms with E-state index in [0.717, 1.165) is 12.8 Å². The van der Waals surface area contributed by atoms with Crippen molar-refractivity contribution < 1.29 is 19.1 Å². The van der Waals surface area contributed by atoms with E-state index in [1.807, 2.05) is 6.92 Å². The molecule has 1 rings (SSSR count). The van der Waals surface area contributed by atoms with Crippen LogP contribution in [0.3, 0.4) is 0 Å². The molecule has 0 amide bonds. The molecule has 1 aliphatic rings. The second kappa shape index (κ2) is 5.99. The van der Waals surface area contributed by atoms with Crippen molar-refractivity contribution in [1.82, 2.24) is 0 Å². The number of ether oxygens (including phenoxy) is 2. The number of esters is 1. The first kappa shape index (κ1) is 13.2. The van der Waals surface area contributed by atoms with E-state index in [1.54, 1.807) is 6.92 Å². The lowest BCUT2D eigenvalue weighted by atomic mass is 9.77. The highest BCUT2D eigenvalue weighted by Crippen LogP contribution is 2.32. The molecule has 0 bridgehead atoms. The van der Waals surface area contributed by atoms with Gasteiger partial charge >= 0.3 is 5.97 Å². The first-order valence-electron chi connectivity index (χ1n) is 5.95. The van der Waals surface area contributed by atoms with Crippen LogP contribution in [0.5, 0.6) is 0 Å². The normalized spacial score (nSPS) is 25.5. The number of carbonyl (C=O) groups is 2. The molecule has 1 heterocycles. The van der Waals surface area contributed by atoms with Crippen LogP contribution in [0.2, 0.25) is 0 Å². The maximum absolute atomic E-state index is 12.0. The Kier molecular flexibility index (Phi) is 4.93. The number of unbranched alkanes of at least 4 members (excludes halogenated alkanes) is 1. The van der Waals surface area contributed by atoms with Crippen molar-refractivity contribution in [3.63, 3.8) is 0 Å². The predicted molar refractivity (Wildman–Crippen MR) is 59.0 cm³/mol. The van der Waals surface area contributed by atoms with Crippen LogP contribution < -0.4 is 0 Å². The Hall–Kier alpha value is -0.900. The highest BCUT2D eigenvalue weighted by Gasteiger charge is 2.48. The van der Waals surface area contributed by atoms with Crippen LogP contribution in [0.15, 0.2) is 0 Å². The van der Waals surface area contributed by atoms with Crippen molar-refractivity contribution in [3.05, 3.63) is 0 Å². The van der Waals surface area contributed by atoms with Crippen molar-refractivity contribution in [2.24, 2.45) is 5.41 Å². The number of Topliss-reactive ketones (excluding diaryl/α,β-unsaturated/α-hetero) is 1. The second-order valence-electron chi connectivity index (χ2n) is 4.13. The largest absolute Gasteiger partial charge is 0.465 e. The monoisotopic (exact) mass is 228 g/mol. The fraction of sp³-hybridized carbons (Fsp3) is 0.833. The van der Waals surface area contributed by atoms with Gasteiger partial charge in [0, 0.05) is 6.42 Å². The maximum atomic E-state index is 12.0. The van der Waals surface area contributed by atoms with Gasteiger partial charge in [-0.2, -0.15) is 0 Å². The van der Waals surface area contributed by atoms with Gasteiger partial charge < -0.3 is 9.47 Å². The van der Waals surface area contributed by atoms with Gasteiger partial charge in [0.2, 0.25) is 0 Å². The molecule has 4 heteroatoms. The lowest BCUT2D eigenvalue weighted by Crippen LogP contribution is -2.48. The minimum Gasteiger partial charge on any atom is -0.465 e. The molecule has 0 spiro atoms. The Labute approximate surface area is 96.3 Å². The van der Waals surface area contributed by atoms with Crippen LogP contribution in [0.25, 0.3) is 0 Å². The Balaban J connectivity index is 2.81. The molecule has 1 unspecified atom stereocenters. The fourth-order valence-electron chi connectivity index (χ4n) is 1.97. The third-order valence-corrected chi connectivity index (χ3v) is 2.98. The quantitative estimate of drug-likeness (QED) is 0.531. The number of hydrogen-bond acceptors (Lipinski definition) is 4. The van der Waals surface area contributed by atoms with E-state index in [1.165, 1.54) is 0 Å². The Bertz CT molecular complexity index is 262. The van der Waals surface area contributed by atoms with Crippen molar-refractivity contribution in [3.8, 4) is 0 Å². The second-order valence-corrected chi connectivity index (χ2v) is 4.13. The lowest BCUT2D eigenvalue weighted by molar-refractivity contribution is -0.169. The molecule has 1 fully saturated rings. The molecule has 16 heavy (non-hydrogen) atoms. The molecule has 0 aromatic carbocycles. The predicted octanol–water partition coefficient (Wildman–Crippen LogP) is 1.72. The van der Waals surface area contributed by atoms with Gasteiger partial charge in [0.25, 0.3) is 0 Å². The summed E-state index contributed by atoms with van der Waals surface area (Å²) in [7, 11) is 0. The Morgan fingerprint density at radius 2 is 2.25 bits per heavy atom. The zero-order valence-corrected chi connectivity index (χ0v) is 10.1. The molecule has 0 aliphatic carbocycles. The van der Waals surface area contributed by atoms with E-state index < -0.39 is 11.4 Å². The molecule has 4 nitrogen and oxygen atoms in total. The average Bonchev–Trinajstić information content (AvgIpc) is 2.28. The zero-order chi connectivity index (χ0) is 12.0. The lowest BCUT2D eigenvalue weighted by Gasteiger charge is -2.33. The number of hydrogen-bond donors (Lipinski definition) is 0. The Morgan fingerprint density at radius 1 is 1.50 bits per heavy atom. The number of rotatable bonds is 5. The van der Waals surface area contributed by atoms with Gasteiger partial charge in [0.1, 0.15) is 5.41 Å². The van der Waals surface area contributed by atoms with Crippen molar-refractivity contribution in [2.75, 3.05) is 19.8 Å². The van der Waals surface area contributed by atoms with E-state index >= 15 is 0 Å². The highest BCUT2D eigenvalue weighted by atomic mass is 16.5. The van der Waals surface area contributed by atoms with Gasteiger partial charge in [0.05, 0.1) is 19.8 Å². The number of ketones is 1. The SMILES string of the molecule is CCCCC1(C(=O)OCC)COCCC1=O. The van der Waals surface area contributed by atoms with Crippen molar-refractivity contribution in [1.29, 1.82) is 0 Å². The molecular weight excluding hydrogens is 208 g/mol. The average molecular weight is 228 g/mol. The minimum absolute atomic E-state index is 0.0225. The van der Waals surface area contributed by atoms with Gasteiger partial charge in [-0.15, -0.1) is 0 Å². The van der Waals surface area contributed by atoms with E-state index in [4.69, 9.17) is 9.47 Å². The van der Waals surface area contributed by atoms with Crippen molar-refractivity contribution >= 4 is 11.8 Å². The fourth-order valence-corrected chi connectivity index (χ4v) is 1.97. The molecule has 1 aliphatic heterocycles. The molecule has 1 saturated heterocycles. The van der Waals surface area contributed by atoms with Gasteiger partial charge in [0.15, 0.2) is 5.78 Å². The highest BCUT2D eigenvalue weighted by molar-refractivity contribution is 6.04. The van der Waals surface area contributed by atoms with Crippen LogP contribution in [-0.4, -0.2) is 31.6 Å². The molecule has 1 atom stereocenters. The summed E-state index contributed by atoms with van der Waals surface area (Å²) in [5.41, 5.74) is -1.02. The molecule has 92 valence electrons. The summed E-state index contributed by atoms with van der Waals surface area (Å²) in [6.45, 7) is 4.70.